The van der Waals surface area contributed by atoms with Gasteiger partial charge in [-0.1, -0.05) is 13.8 Å². The largest absolute Gasteiger partial charge is 0.347 e. The number of aromatic nitrogens is 6. The van der Waals surface area contributed by atoms with Crippen molar-refractivity contribution in [2.75, 3.05) is 13.2 Å². The van der Waals surface area contributed by atoms with Crippen molar-refractivity contribution in [1.29, 1.82) is 0 Å². The van der Waals surface area contributed by atoms with Crippen LogP contribution in [0.25, 0.3) is 11.5 Å². The molecular weight excluding hydrogens is 332 g/mol. The van der Waals surface area contributed by atoms with Crippen LogP contribution in [0.1, 0.15) is 44.4 Å². The summed E-state index contributed by atoms with van der Waals surface area (Å²) >= 11 is 0. The molecule has 1 unspecified atom stereocenters. The van der Waals surface area contributed by atoms with E-state index in [1.807, 2.05) is 11.7 Å². The fourth-order valence-electron chi connectivity index (χ4n) is 5.67. The van der Waals surface area contributed by atoms with E-state index >= 15 is 0 Å². The first-order valence-electron chi connectivity index (χ1n) is 9.53. The highest BCUT2D eigenvalue weighted by Gasteiger charge is 2.58. The second kappa shape index (κ2) is 5.36. The lowest BCUT2D eigenvalue weighted by molar-refractivity contribution is -0.234. The molecule has 3 aliphatic rings. The van der Waals surface area contributed by atoms with E-state index in [0.717, 1.165) is 31.4 Å². The maximum Gasteiger partial charge on any atom is 0.223 e. The van der Waals surface area contributed by atoms with Crippen LogP contribution in [-0.2, 0) is 35.4 Å². The molecule has 1 saturated carbocycles. The van der Waals surface area contributed by atoms with Gasteiger partial charge >= 0.3 is 0 Å². The average Bonchev–Trinajstić information content (AvgIpc) is 3.31. The average molecular weight is 358 g/mol. The van der Waals surface area contributed by atoms with Crippen LogP contribution in [-0.4, -0.2) is 49.0 Å². The lowest BCUT2D eigenvalue weighted by Crippen LogP contribution is -2.55. The monoisotopic (exact) mass is 358 g/mol. The topological polar surface area (TPSA) is 79.9 Å². The van der Waals surface area contributed by atoms with Gasteiger partial charge in [-0.15, -0.1) is 10.2 Å². The predicted octanol–water partition coefficient (Wildman–Crippen LogP) is 1.60. The molecule has 0 radical (unpaired) electrons. The summed E-state index contributed by atoms with van der Waals surface area (Å²) in [7, 11) is 3.78. The molecule has 2 fully saturated rings. The van der Waals surface area contributed by atoms with E-state index in [9.17, 15) is 0 Å². The second-order valence-electron chi connectivity index (χ2n) is 8.26. The molecule has 1 saturated heterocycles. The Morgan fingerprint density at radius 2 is 1.88 bits per heavy atom. The fraction of sp³-hybridized carbons (Fsp3) is 0.778. The Morgan fingerprint density at radius 3 is 2.58 bits per heavy atom. The summed E-state index contributed by atoms with van der Waals surface area (Å²) in [4.78, 5) is 1.50. The lowest BCUT2D eigenvalue weighted by Gasteiger charge is -2.53. The number of ether oxygens (including phenoxy) is 2. The minimum atomic E-state index is -0.383. The van der Waals surface area contributed by atoms with Gasteiger partial charge in [0, 0.05) is 30.4 Å². The number of hydrogen-bond acceptors (Lipinski definition) is 6. The highest BCUT2D eigenvalue weighted by Crippen LogP contribution is 2.57. The molecule has 8 heteroatoms. The summed E-state index contributed by atoms with van der Waals surface area (Å²) in [6, 6.07) is 0. The molecule has 3 atom stereocenters. The zero-order valence-electron chi connectivity index (χ0n) is 15.9. The molecule has 1 spiro atoms. The van der Waals surface area contributed by atoms with Crippen LogP contribution in [0.5, 0.6) is 0 Å². The van der Waals surface area contributed by atoms with Crippen molar-refractivity contribution in [3.05, 3.63) is 11.3 Å². The summed E-state index contributed by atoms with van der Waals surface area (Å²) in [6.45, 7) is 6.09. The molecular formula is C18H26N6O2. The van der Waals surface area contributed by atoms with E-state index in [-0.39, 0.29) is 11.2 Å². The van der Waals surface area contributed by atoms with Crippen LogP contribution >= 0.6 is 0 Å². The van der Waals surface area contributed by atoms with Gasteiger partial charge in [-0.05, 0) is 30.4 Å². The Kier molecular flexibility index (Phi) is 3.37. The summed E-state index contributed by atoms with van der Waals surface area (Å²) < 4.78 is 14.1. The molecule has 5 rings (SSSR count). The molecule has 1 aliphatic heterocycles. The van der Waals surface area contributed by atoms with Gasteiger partial charge in [-0.3, -0.25) is 4.68 Å². The minimum Gasteiger partial charge on any atom is -0.347 e. The van der Waals surface area contributed by atoms with Crippen LogP contribution in [0, 0.1) is 11.8 Å². The van der Waals surface area contributed by atoms with E-state index in [1.165, 1.54) is 16.1 Å². The van der Waals surface area contributed by atoms with Crippen molar-refractivity contribution in [3.63, 3.8) is 0 Å². The molecule has 8 nitrogen and oxygen atoms in total. The molecule has 0 N–H and O–H groups in total. The Labute approximate surface area is 152 Å². The molecule has 2 aliphatic carbocycles. The molecule has 26 heavy (non-hydrogen) atoms. The zero-order chi connectivity index (χ0) is 18.1. The maximum absolute atomic E-state index is 6.10. The van der Waals surface area contributed by atoms with Crippen LogP contribution in [0.3, 0.4) is 0 Å². The van der Waals surface area contributed by atoms with E-state index in [4.69, 9.17) is 14.6 Å². The molecule has 2 aromatic heterocycles. The third-order valence-corrected chi connectivity index (χ3v) is 7.00. The van der Waals surface area contributed by atoms with E-state index < -0.39 is 0 Å². The third kappa shape index (κ3) is 2.02. The zero-order valence-corrected chi connectivity index (χ0v) is 15.9. The van der Waals surface area contributed by atoms with Gasteiger partial charge in [0.05, 0.1) is 26.0 Å². The van der Waals surface area contributed by atoms with Crippen molar-refractivity contribution >= 4 is 0 Å². The van der Waals surface area contributed by atoms with Gasteiger partial charge in [0.1, 0.15) is 5.69 Å². The highest BCUT2D eigenvalue weighted by molar-refractivity contribution is 5.58. The van der Waals surface area contributed by atoms with Crippen molar-refractivity contribution in [2.24, 2.45) is 25.9 Å². The van der Waals surface area contributed by atoms with Crippen molar-refractivity contribution < 1.29 is 9.47 Å². The van der Waals surface area contributed by atoms with Gasteiger partial charge in [0.15, 0.2) is 5.79 Å². The Bertz CT molecular complexity index is 852. The smallest absolute Gasteiger partial charge is 0.223 e. The second-order valence-corrected chi connectivity index (χ2v) is 8.26. The quantitative estimate of drug-likeness (QED) is 0.770. The first-order chi connectivity index (χ1) is 12.4. The number of nitrogens with zero attached hydrogens (tertiary/aromatic N) is 6. The van der Waals surface area contributed by atoms with Gasteiger partial charge in [-0.2, -0.15) is 9.90 Å². The summed E-state index contributed by atoms with van der Waals surface area (Å²) in [5.41, 5.74) is 3.54. The van der Waals surface area contributed by atoms with Crippen molar-refractivity contribution in [2.45, 2.75) is 50.7 Å². The van der Waals surface area contributed by atoms with Gasteiger partial charge in [0.25, 0.3) is 0 Å². The number of tetrazole rings is 1. The first kappa shape index (κ1) is 16.4. The van der Waals surface area contributed by atoms with E-state index in [2.05, 4.69) is 29.3 Å². The van der Waals surface area contributed by atoms with E-state index in [1.54, 1.807) is 7.05 Å². The molecule has 3 heterocycles. The number of aryl methyl sites for hydroxylation is 2. The van der Waals surface area contributed by atoms with Crippen LogP contribution in [0.15, 0.2) is 0 Å². The van der Waals surface area contributed by atoms with Gasteiger partial charge < -0.3 is 9.47 Å². The molecule has 0 bridgehead atoms. The van der Waals surface area contributed by atoms with Crippen molar-refractivity contribution in [1.82, 2.24) is 30.0 Å². The van der Waals surface area contributed by atoms with Crippen LogP contribution in [0.2, 0.25) is 0 Å². The summed E-state index contributed by atoms with van der Waals surface area (Å²) in [5, 5.41) is 17.6. The highest BCUT2D eigenvalue weighted by atomic mass is 16.7. The molecule has 0 aromatic carbocycles. The predicted molar refractivity (Wildman–Crippen MR) is 93.2 cm³/mol. The SMILES string of the molecule is C[C@H]1[C@@H]2CCc3c(nn(C)c3-c3nnn(C)n3)C2(C)CCC12OCCO2. The van der Waals surface area contributed by atoms with Crippen molar-refractivity contribution in [3.8, 4) is 11.5 Å². The maximum atomic E-state index is 6.10. The lowest BCUT2D eigenvalue weighted by atomic mass is 9.55. The summed E-state index contributed by atoms with van der Waals surface area (Å²) in [6.07, 6.45) is 4.05. The normalized spacial score (nSPS) is 32.6. The first-order valence-corrected chi connectivity index (χ1v) is 9.53. The number of hydrogen-bond donors (Lipinski definition) is 0. The summed E-state index contributed by atoms with van der Waals surface area (Å²) in [5.74, 6) is 1.14. The van der Waals surface area contributed by atoms with Crippen LogP contribution < -0.4 is 0 Å². The Morgan fingerprint density at radius 1 is 1.12 bits per heavy atom. The standard InChI is InChI=1S/C18H26N6O2/c1-11-13-6-5-12-14(16-19-22-24(4)21-16)23(3)20-15(12)17(13,2)7-8-18(11)25-9-10-26-18/h11,13H,5-10H2,1-4H3/t11-,13-,17?/m0/s1. The third-order valence-electron chi connectivity index (χ3n) is 7.00. The van der Waals surface area contributed by atoms with Gasteiger partial charge in [0.2, 0.25) is 5.82 Å². The minimum absolute atomic E-state index is 0.0335. The Balaban J connectivity index is 1.58. The van der Waals surface area contributed by atoms with Crippen LogP contribution in [0.4, 0.5) is 0 Å². The number of fused-ring (bicyclic) bond motifs is 3. The van der Waals surface area contributed by atoms with E-state index in [0.29, 0.717) is 30.9 Å². The molecule has 2 aromatic rings. The number of rotatable bonds is 1. The van der Waals surface area contributed by atoms with Gasteiger partial charge in [-0.25, -0.2) is 0 Å². The Hall–Kier alpha value is -1.80. The molecule has 140 valence electrons. The molecule has 0 amide bonds. The fourth-order valence-corrected chi connectivity index (χ4v) is 5.67.